The van der Waals surface area contributed by atoms with Gasteiger partial charge in [0.1, 0.15) is 5.82 Å². The lowest BCUT2D eigenvalue weighted by molar-refractivity contribution is 0.0696. The molecule has 0 aliphatic heterocycles. The maximum atomic E-state index is 13.6. The predicted octanol–water partition coefficient (Wildman–Crippen LogP) is 2.33. The molecule has 1 aliphatic rings. The molecule has 0 radical (unpaired) electrons. The summed E-state index contributed by atoms with van der Waals surface area (Å²) in [5, 5.41) is 17.5. The van der Waals surface area contributed by atoms with Crippen LogP contribution < -0.4 is 0 Å². The molecule has 1 N–H and O–H groups in total. The summed E-state index contributed by atoms with van der Waals surface area (Å²) in [6, 6.07) is 5.31. The number of nitrogens with zero attached hydrogens (tertiary/aromatic N) is 1. The molecule has 1 fully saturated rings. The first kappa shape index (κ1) is 13.7. The molecule has 1 aromatic carbocycles. The molecule has 0 heterocycles. The standard InChI is InChI=1S/C13H12FNO3S/c14-10-2-1-9(12(16)17)7-11(10)19(18)8-13(3-4-13)5-6-15/h1-2,7H,3-5,8H2,(H,16,17). The lowest BCUT2D eigenvalue weighted by Crippen LogP contribution is -2.13. The number of nitriles is 1. The molecule has 19 heavy (non-hydrogen) atoms. The van der Waals surface area contributed by atoms with Crippen LogP contribution >= 0.6 is 0 Å². The fraction of sp³-hybridized carbons (Fsp3) is 0.385. The van der Waals surface area contributed by atoms with Crippen molar-refractivity contribution in [3.8, 4) is 6.07 Å². The van der Waals surface area contributed by atoms with E-state index in [2.05, 4.69) is 0 Å². The fourth-order valence-corrected chi connectivity index (χ4v) is 3.53. The van der Waals surface area contributed by atoms with E-state index in [-0.39, 0.29) is 21.6 Å². The van der Waals surface area contributed by atoms with E-state index in [1.54, 1.807) is 0 Å². The first-order chi connectivity index (χ1) is 8.97. The van der Waals surface area contributed by atoms with Crippen LogP contribution in [0.3, 0.4) is 0 Å². The first-order valence-electron chi connectivity index (χ1n) is 5.76. The Kier molecular flexibility index (Phi) is 3.67. The molecule has 6 heteroatoms. The number of carbonyl (C=O) groups is 1. The van der Waals surface area contributed by atoms with Crippen molar-refractivity contribution in [3.63, 3.8) is 0 Å². The zero-order valence-electron chi connectivity index (χ0n) is 10.1. The smallest absolute Gasteiger partial charge is 0.335 e. The van der Waals surface area contributed by atoms with Crippen molar-refractivity contribution < 1.29 is 18.5 Å². The largest absolute Gasteiger partial charge is 0.478 e. The van der Waals surface area contributed by atoms with Crippen LogP contribution in [0.2, 0.25) is 0 Å². The van der Waals surface area contributed by atoms with Crippen molar-refractivity contribution in [1.82, 2.24) is 0 Å². The van der Waals surface area contributed by atoms with Gasteiger partial charge in [0.2, 0.25) is 0 Å². The number of aromatic carboxylic acids is 1. The van der Waals surface area contributed by atoms with Gasteiger partial charge in [0, 0.05) is 12.2 Å². The summed E-state index contributed by atoms with van der Waals surface area (Å²) >= 11 is 0. The topological polar surface area (TPSA) is 78.2 Å². The van der Waals surface area contributed by atoms with Crippen LogP contribution in [0.25, 0.3) is 0 Å². The average Bonchev–Trinajstić information content (AvgIpc) is 3.09. The molecule has 1 unspecified atom stereocenters. The lowest BCUT2D eigenvalue weighted by Gasteiger charge is -2.11. The molecule has 4 nitrogen and oxygen atoms in total. The molecule has 0 spiro atoms. The first-order valence-corrected chi connectivity index (χ1v) is 7.07. The Bertz CT molecular complexity index is 590. The summed E-state index contributed by atoms with van der Waals surface area (Å²) in [6.07, 6.45) is 1.93. The third-order valence-electron chi connectivity index (χ3n) is 3.27. The van der Waals surface area contributed by atoms with Gasteiger partial charge in [-0.3, -0.25) is 4.21 Å². The molecule has 1 aromatic rings. The van der Waals surface area contributed by atoms with Gasteiger partial charge in [-0.15, -0.1) is 0 Å². The van der Waals surface area contributed by atoms with Crippen LogP contribution in [0, 0.1) is 22.6 Å². The van der Waals surface area contributed by atoms with Crippen molar-refractivity contribution in [2.24, 2.45) is 5.41 Å². The monoisotopic (exact) mass is 281 g/mol. The van der Waals surface area contributed by atoms with Gasteiger partial charge in [0.05, 0.1) is 27.3 Å². The Morgan fingerprint density at radius 1 is 1.53 bits per heavy atom. The van der Waals surface area contributed by atoms with Gasteiger partial charge < -0.3 is 5.11 Å². The summed E-state index contributed by atoms with van der Waals surface area (Å²) in [4.78, 5) is 10.7. The lowest BCUT2D eigenvalue weighted by atomic mass is 10.1. The van der Waals surface area contributed by atoms with Crippen molar-refractivity contribution in [3.05, 3.63) is 29.6 Å². The van der Waals surface area contributed by atoms with Crippen LogP contribution in [0.5, 0.6) is 0 Å². The third-order valence-corrected chi connectivity index (χ3v) is 4.95. The highest BCUT2D eigenvalue weighted by atomic mass is 32.2. The van der Waals surface area contributed by atoms with Crippen LogP contribution in [0.15, 0.2) is 23.1 Å². The van der Waals surface area contributed by atoms with Gasteiger partial charge in [-0.05, 0) is 36.5 Å². The van der Waals surface area contributed by atoms with Crippen molar-refractivity contribution >= 4 is 16.8 Å². The molecule has 0 saturated heterocycles. The zero-order chi connectivity index (χ0) is 14.0. The Morgan fingerprint density at radius 3 is 2.74 bits per heavy atom. The minimum atomic E-state index is -1.62. The van der Waals surface area contributed by atoms with E-state index in [1.165, 1.54) is 0 Å². The van der Waals surface area contributed by atoms with Crippen LogP contribution in [0.4, 0.5) is 4.39 Å². The summed E-state index contributed by atoms with van der Waals surface area (Å²) < 4.78 is 25.8. The number of halogens is 1. The number of hydrogen-bond donors (Lipinski definition) is 1. The van der Waals surface area contributed by atoms with Gasteiger partial charge in [0.25, 0.3) is 0 Å². The molecule has 1 atom stereocenters. The SMILES string of the molecule is N#CCC1(CS(=O)c2cc(C(=O)O)ccc2F)CC1. The van der Waals surface area contributed by atoms with E-state index in [0.717, 1.165) is 31.0 Å². The maximum Gasteiger partial charge on any atom is 0.335 e. The Morgan fingerprint density at radius 2 is 2.21 bits per heavy atom. The summed E-state index contributed by atoms with van der Waals surface area (Å²) in [5.74, 6) is -1.65. The molecule has 100 valence electrons. The van der Waals surface area contributed by atoms with Crippen molar-refractivity contribution in [2.75, 3.05) is 5.75 Å². The molecular weight excluding hydrogens is 269 g/mol. The quantitative estimate of drug-likeness (QED) is 0.898. The maximum absolute atomic E-state index is 13.6. The van der Waals surface area contributed by atoms with Crippen molar-refractivity contribution in [2.45, 2.75) is 24.2 Å². The van der Waals surface area contributed by atoms with Crippen molar-refractivity contribution in [1.29, 1.82) is 5.26 Å². The number of carboxylic acid groups (broad SMARTS) is 1. The molecule has 0 aromatic heterocycles. The van der Waals surface area contributed by atoms with E-state index in [9.17, 15) is 13.4 Å². The van der Waals surface area contributed by atoms with E-state index in [1.807, 2.05) is 6.07 Å². The number of carboxylic acids is 1. The third kappa shape index (κ3) is 2.99. The van der Waals surface area contributed by atoms with Gasteiger partial charge >= 0.3 is 5.97 Å². The molecule has 0 amide bonds. The van der Waals surface area contributed by atoms with E-state index < -0.39 is 22.6 Å². The second-order valence-corrected chi connectivity index (χ2v) is 6.19. The van der Waals surface area contributed by atoms with Gasteiger partial charge in [-0.25, -0.2) is 9.18 Å². The minimum absolute atomic E-state index is 0.0881. The van der Waals surface area contributed by atoms with Crippen LogP contribution in [-0.2, 0) is 10.8 Å². The summed E-state index contributed by atoms with van der Waals surface area (Å²) in [6.45, 7) is 0. The molecule has 2 rings (SSSR count). The number of benzene rings is 1. The molecule has 1 saturated carbocycles. The van der Waals surface area contributed by atoms with Crippen LogP contribution in [0.1, 0.15) is 29.6 Å². The fourth-order valence-electron chi connectivity index (χ4n) is 1.88. The van der Waals surface area contributed by atoms with E-state index in [0.29, 0.717) is 6.42 Å². The predicted molar refractivity (Wildman–Crippen MR) is 66.5 cm³/mol. The molecule has 1 aliphatic carbocycles. The normalized spacial score (nSPS) is 17.5. The Labute approximate surface area is 112 Å². The number of rotatable bonds is 5. The minimum Gasteiger partial charge on any atom is -0.478 e. The van der Waals surface area contributed by atoms with Crippen LogP contribution in [-0.4, -0.2) is 21.0 Å². The zero-order valence-corrected chi connectivity index (χ0v) is 10.9. The highest BCUT2D eigenvalue weighted by molar-refractivity contribution is 7.85. The van der Waals surface area contributed by atoms with Gasteiger partial charge in [-0.2, -0.15) is 5.26 Å². The average molecular weight is 281 g/mol. The van der Waals surface area contributed by atoms with E-state index >= 15 is 0 Å². The Hall–Kier alpha value is -1.74. The second-order valence-electron chi connectivity index (χ2n) is 4.78. The summed E-state index contributed by atoms with van der Waals surface area (Å²) in [5.41, 5.74) is -0.361. The highest BCUT2D eigenvalue weighted by Crippen LogP contribution is 2.49. The molecule has 0 bridgehead atoms. The second kappa shape index (κ2) is 5.10. The Balaban J connectivity index is 2.22. The van der Waals surface area contributed by atoms with E-state index in [4.69, 9.17) is 10.4 Å². The summed E-state index contributed by atoms with van der Waals surface area (Å²) in [7, 11) is -1.62. The number of hydrogen-bond acceptors (Lipinski definition) is 3. The highest BCUT2D eigenvalue weighted by Gasteiger charge is 2.44. The van der Waals surface area contributed by atoms with Gasteiger partial charge in [-0.1, -0.05) is 0 Å². The molecular formula is C13H12FNO3S. The van der Waals surface area contributed by atoms with Gasteiger partial charge in [0.15, 0.2) is 0 Å².